The zero-order chi connectivity index (χ0) is 11.9. The topological polar surface area (TPSA) is 38.0 Å². The molecule has 0 amide bonds. The Kier molecular flexibility index (Phi) is 6.37. The maximum absolute atomic E-state index is 5.46. The highest BCUT2D eigenvalue weighted by Gasteiger charge is 2.44. The van der Waals surface area contributed by atoms with Gasteiger partial charge in [0.1, 0.15) is 0 Å². The van der Waals surface area contributed by atoms with Crippen molar-refractivity contribution in [3.05, 3.63) is 0 Å². The minimum Gasteiger partial charge on any atom is -0.330 e. The fraction of sp³-hybridized carbons (Fsp3) is 1.00. The molecule has 0 unspecified atom stereocenters. The molecule has 0 aromatic rings. The van der Waals surface area contributed by atoms with E-state index >= 15 is 0 Å². The van der Waals surface area contributed by atoms with E-state index in [4.69, 9.17) is 5.73 Å². The summed E-state index contributed by atoms with van der Waals surface area (Å²) in [5, 5.41) is 3.64. The summed E-state index contributed by atoms with van der Waals surface area (Å²) in [6.45, 7) is 8.03. The molecule has 96 valence electrons. The number of unbranched alkanes of at least 4 members (excludes halogenated alkanes) is 4. The average molecular weight is 226 g/mol. The monoisotopic (exact) mass is 226 g/mol. The predicted octanol–water partition coefficient (Wildman–Crippen LogP) is 2.92. The molecule has 0 heterocycles. The minimum atomic E-state index is 0.666. The summed E-state index contributed by atoms with van der Waals surface area (Å²) in [6.07, 6.45) is 9.44. The fourth-order valence-corrected chi connectivity index (χ4v) is 2.38. The Balaban J connectivity index is 1.85. The van der Waals surface area contributed by atoms with E-state index in [1.165, 1.54) is 58.0 Å². The molecule has 1 aliphatic carbocycles. The lowest BCUT2D eigenvalue weighted by Crippen LogP contribution is -2.28. The Morgan fingerprint density at radius 1 is 1.06 bits per heavy atom. The van der Waals surface area contributed by atoms with Gasteiger partial charge in [0.2, 0.25) is 0 Å². The largest absolute Gasteiger partial charge is 0.330 e. The van der Waals surface area contributed by atoms with E-state index in [-0.39, 0.29) is 0 Å². The highest BCUT2D eigenvalue weighted by Crippen LogP contribution is 2.51. The summed E-state index contributed by atoms with van der Waals surface area (Å²) in [5.74, 6) is 0.851. The molecular formula is C14H30N2. The maximum Gasteiger partial charge on any atom is 0.00103 e. The number of nitrogens with one attached hydrogen (secondary N) is 1. The van der Waals surface area contributed by atoms with Crippen molar-refractivity contribution in [2.75, 3.05) is 19.6 Å². The second kappa shape index (κ2) is 7.29. The van der Waals surface area contributed by atoms with Gasteiger partial charge in [-0.3, -0.25) is 0 Å². The Hall–Kier alpha value is -0.0800. The SMILES string of the molecule is CC(C)C1(CNCCCCCCCN)CC1. The van der Waals surface area contributed by atoms with Crippen LogP contribution in [0.4, 0.5) is 0 Å². The van der Waals surface area contributed by atoms with Gasteiger partial charge in [-0.1, -0.05) is 33.1 Å². The first kappa shape index (κ1) is 14.0. The molecule has 0 spiro atoms. The molecule has 1 fully saturated rings. The van der Waals surface area contributed by atoms with Gasteiger partial charge in [0.15, 0.2) is 0 Å². The molecule has 3 N–H and O–H groups in total. The van der Waals surface area contributed by atoms with Crippen LogP contribution in [0.1, 0.15) is 58.8 Å². The van der Waals surface area contributed by atoms with Crippen LogP contribution >= 0.6 is 0 Å². The normalized spacial score (nSPS) is 18.0. The van der Waals surface area contributed by atoms with Gasteiger partial charge < -0.3 is 11.1 Å². The van der Waals surface area contributed by atoms with Crippen LogP contribution in [0, 0.1) is 11.3 Å². The maximum atomic E-state index is 5.46. The molecule has 0 aromatic heterocycles. The van der Waals surface area contributed by atoms with Gasteiger partial charge >= 0.3 is 0 Å². The molecule has 2 heteroatoms. The number of nitrogens with two attached hydrogens (primary N) is 1. The van der Waals surface area contributed by atoms with E-state index in [1.54, 1.807) is 0 Å². The number of rotatable bonds is 10. The van der Waals surface area contributed by atoms with Crippen molar-refractivity contribution in [2.24, 2.45) is 17.1 Å². The van der Waals surface area contributed by atoms with Gasteiger partial charge in [-0.25, -0.2) is 0 Å². The van der Waals surface area contributed by atoms with E-state index in [9.17, 15) is 0 Å². The van der Waals surface area contributed by atoms with Crippen molar-refractivity contribution in [3.63, 3.8) is 0 Å². The summed E-state index contributed by atoms with van der Waals surface area (Å²) in [7, 11) is 0. The van der Waals surface area contributed by atoms with E-state index < -0.39 is 0 Å². The van der Waals surface area contributed by atoms with Gasteiger partial charge in [0, 0.05) is 6.54 Å². The third-order valence-electron chi connectivity index (χ3n) is 4.15. The lowest BCUT2D eigenvalue weighted by atomic mass is 9.92. The summed E-state index contributed by atoms with van der Waals surface area (Å²) in [5.41, 5.74) is 6.13. The first-order valence-electron chi connectivity index (χ1n) is 7.12. The Bertz CT molecular complexity index is 174. The number of hydrogen-bond acceptors (Lipinski definition) is 2. The Morgan fingerprint density at radius 3 is 2.25 bits per heavy atom. The molecule has 1 aliphatic rings. The summed E-state index contributed by atoms with van der Waals surface area (Å²) < 4.78 is 0. The summed E-state index contributed by atoms with van der Waals surface area (Å²) >= 11 is 0. The zero-order valence-electron chi connectivity index (χ0n) is 11.2. The molecule has 0 atom stereocenters. The smallest absolute Gasteiger partial charge is 0.00103 e. The molecule has 0 radical (unpaired) electrons. The molecule has 0 bridgehead atoms. The van der Waals surface area contributed by atoms with Crippen LogP contribution in [-0.2, 0) is 0 Å². The van der Waals surface area contributed by atoms with Crippen LogP contribution in [0.2, 0.25) is 0 Å². The quantitative estimate of drug-likeness (QED) is 0.562. The van der Waals surface area contributed by atoms with Gasteiger partial charge in [-0.15, -0.1) is 0 Å². The molecule has 0 aromatic carbocycles. The second-order valence-electron chi connectivity index (χ2n) is 5.75. The molecule has 1 rings (SSSR count). The fourth-order valence-electron chi connectivity index (χ4n) is 2.38. The highest BCUT2D eigenvalue weighted by molar-refractivity contribution is 4.96. The molecule has 0 aliphatic heterocycles. The van der Waals surface area contributed by atoms with Crippen molar-refractivity contribution < 1.29 is 0 Å². The molecule has 16 heavy (non-hydrogen) atoms. The Morgan fingerprint density at radius 2 is 1.69 bits per heavy atom. The van der Waals surface area contributed by atoms with Crippen LogP contribution in [-0.4, -0.2) is 19.6 Å². The Labute approximate surface area is 101 Å². The highest BCUT2D eigenvalue weighted by atomic mass is 14.9. The first-order chi connectivity index (χ1) is 7.71. The van der Waals surface area contributed by atoms with E-state index in [0.29, 0.717) is 5.41 Å². The van der Waals surface area contributed by atoms with Crippen molar-refractivity contribution >= 4 is 0 Å². The van der Waals surface area contributed by atoms with Crippen LogP contribution < -0.4 is 11.1 Å². The summed E-state index contributed by atoms with van der Waals surface area (Å²) in [6, 6.07) is 0. The number of hydrogen-bond donors (Lipinski definition) is 2. The van der Waals surface area contributed by atoms with Crippen LogP contribution in [0.25, 0.3) is 0 Å². The lowest BCUT2D eigenvalue weighted by molar-refractivity contribution is 0.337. The standard InChI is InChI=1S/C14H30N2/c1-13(2)14(8-9-14)12-16-11-7-5-3-4-6-10-15/h13,16H,3-12,15H2,1-2H3. The molecular weight excluding hydrogens is 196 g/mol. The molecule has 1 saturated carbocycles. The van der Waals surface area contributed by atoms with E-state index in [2.05, 4.69) is 19.2 Å². The summed E-state index contributed by atoms with van der Waals surface area (Å²) in [4.78, 5) is 0. The van der Waals surface area contributed by atoms with Gasteiger partial charge in [0.25, 0.3) is 0 Å². The predicted molar refractivity (Wildman–Crippen MR) is 71.5 cm³/mol. The van der Waals surface area contributed by atoms with Crippen molar-refractivity contribution in [3.8, 4) is 0 Å². The molecule has 2 nitrogen and oxygen atoms in total. The third kappa shape index (κ3) is 4.84. The zero-order valence-corrected chi connectivity index (χ0v) is 11.2. The van der Waals surface area contributed by atoms with Crippen molar-refractivity contribution in [2.45, 2.75) is 58.8 Å². The van der Waals surface area contributed by atoms with Gasteiger partial charge in [-0.05, 0) is 50.1 Å². The first-order valence-corrected chi connectivity index (χ1v) is 7.12. The van der Waals surface area contributed by atoms with Crippen LogP contribution in [0.15, 0.2) is 0 Å². The van der Waals surface area contributed by atoms with Crippen molar-refractivity contribution in [1.82, 2.24) is 5.32 Å². The third-order valence-corrected chi connectivity index (χ3v) is 4.15. The second-order valence-corrected chi connectivity index (χ2v) is 5.75. The van der Waals surface area contributed by atoms with E-state index in [0.717, 1.165) is 12.5 Å². The van der Waals surface area contributed by atoms with Crippen LogP contribution in [0.3, 0.4) is 0 Å². The van der Waals surface area contributed by atoms with Crippen LogP contribution in [0.5, 0.6) is 0 Å². The minimum absolute atomic E-state index is 0.666. The van der Waals surface area contributed by atoms with Crippen molar-refractivity contribution in [1.29, 1.82) is 0 Å². The van der Waals surface area contributed by atoms with E-state index in [1.807, 2.05) is 0 Å². The lowest BCUT2D eigenvalue weighted by Gasteiger charge is -2.20. The molecule has 0 saturated heterocycles. The van der Waals surface area contributed by atoms with Gasteiger partial charge in [-0.2, -0.15) is 0 Å². The van der Waals surface area contributed by atoms with Gasteiger partial charge in [0.05, 0.1) is 0 Å². The average Bonchev–Trinajstić information content (AvgIpc) is 3.03.